The lowest BCUT2D eigenvalue weighted by Crippen LogP contribution is -2.41. The van der Waals surface area contributed by atoms with Crippen LogP contribution in [0.5, 0.6) is 0 Å². The zero-order valence-corrected chi connectivity index (χ0v) is 6.63. The summed E-state index contributed by atoms with van der Waals surface area (Å²) in [5.74, 6) is -0.501. The van der Waals surface area contributed by atoms with Crippen LogP contribution in [0.25, 0.3) is 0 Å². The van der Waals surface area contributed by atoms with E-state index in [2.05, 4.69) is 10.6 Å². The number of carbonyl (C=O) groups is 1. The molecule has 1 rings (SSSR count). The number of hydrogen-bond donors (Lipinski definition) is 3. The normalized spacial score (nSPS) is 26.8. The molecule has 0 bridgehead atoms. The fourth-order valence-corrected chi connectivity index (χ4v) is 1.52. The molecule has 0 aromatic rings. The van der Waals surface area contributed by atoms with E-state index in [0.717, 1.165) is 19.5 Å². The molecule has 1 aliphatic rings. The Morgan fingerprint density at radius 3 is 2.91 bits per heavy atom. The zero-order valence-electron chi connectivity index (χ0n) is 6.63. The van der Waals surface area contributed by atoms with Gasteiger partial charge >= 0.3 is 5.97 Å². The number of carboxylic acids is 1. The number of nitrogens with one attached hydrogen (secondary N) is 2. The van der Waals surface area contributed by atoms with Gasteiger partial charge in [-0.3, -0.25) is 4.79 Å². The SMILES string of the molecule is CNC(C(=O)O)C1CCNC1. The molecule has 4 nitrogen and oxygen atoms in total. The predicted molar refractivity (Wildman–Crippen MR) is 41.5 cm³/mol. The minimum Gasteiger partial charge on any atom is -0.480 e. The molecule has 0 aromatic heterocycles. The molecular weight excluding hydrogens is 144 g/mol. The second-order valence-corrected chi connectivity index (χ2v) is 2.86. The molecule has 4 heteroatoms. The van der Waals surface area contributed by atoms with E-state index in [4.69, 9.17) is 5.11 Å². The van der Waals surface area contributed by atoms with Crippen molar-refractivity contribution in [3.63, 3.8) is 0 Å². The number of hydrogen-bond acceptors (Lipinski definition) is 3. The van der Waals surface area contributed by atoms with Crippen molar-refractivity contribution in [2.24, 2.45) is 5.92 Å². The van der Waals surface area contributed by atoms with Crippen molar-refractivity contribution in [1.29, 1.82) is 0 Å². The second kappa shape index (κ2) is 3.69. The van der Waals surface area contributed by atoms with Crippen molar-refractivity contribution in [2.45, 2.75) is 12.5 Å². The van der Waals surface area contributed by atoms with Crippen molar-refractivity contribution in [2.75, 3.05) is 20.1 Å². The van der Waals surface area contributed by atoms with E-state index in [9.17, 15) is 4.79 Å². The number of aliphatic carboxylic acids is 1. The first-order valence-electron chi connectivity index (χ1n) is 3.86. The van der Waals surface area contributed by atoms with E-state index in [1.54, 1.807) is 7.05 Å². The summed E-state index contributed by atoms with van der Waals surface area (Å²) in [6.45, 7) is 1.76. The van der Waals surface area contributed by atoms with Crippen LogP contribution in [0.15, 0.2) is 0 Å². The Balaban J connectivity index is 2.46. The maximum absolute atomic E-state index is 10.6. The van der Waals surface area contributed by atoms with Crippen LogP contribution >= 0.6 is 0 Å². The minimum atomic E-state index is -0.749. The highest BCUT2D eigenvalue weighted by Gasteiger charge is 2.28. The molecule has 0 amide bonds. The Morgan fingerprint density at radius 1 is 1.82 bits per heavy atom. The Hall–Kier alpha value is -0.610. The monoisotopic (exact) mass is 158 g/mol. The summed E-state index contributed by atoms with van der Waals surface area (Å²) < 4.78 is 0. The summed E-state index contributed by atoms with van der Waals surface area (Å²) in [6.07, 6.45) is 0.956. The summed E-state index contributed by atoms with van der Waals surface area (Å²) in [7, 11) is 1.69. The molecule has 2 atom stereocenters. The Morgan fingerprint density at radius 2 is 2.55 bits per heavy atom. The minimum absolute atomic E-state index is 0.248. The van der Waals surface area contributed by atoms with Gasteiger partial charge < -0.3 is 15.7 Å². The molecule has 0 spiro atoms. The van der Waals surface area contributed by atoms with Crippen molar-refractivity contribution in [3.05, 3.63) is 0 Å². The molecular formula is C7H14N2O2. The first kappa shape index (κ1) is 8.49. The summed E-state index contributed by atoms with van der Waals surface area (Å²) in [4.78, 5) is 10.6. The van der Waals surface area contributed by atoms with E-state index in [1.165, 1.54) is 0 Å². The number of rotatable bonds is 3. The molecule has 11 heavy (non-hydrogen) atoms. The standard InChI is InChI=1S/C7H14N2O2/c1-8-6(7(10)11)5-2-3-9-4-5/h5-6,8-9H,2-4H2,1H3,(H,10,11). The van der Waals surface area contributed by atoms with Gasteiger partial charge in [0.25, 0.3) is 0 Å². The van der Waals surface area contributed by atoms with E-state index in [1.807, 2.05) is 0 Å². The first-order valence-corrected chi connectivity index (χ1v) is 3.86. The molecule has 0 aromatic carbocycles. The Labute approximate surface area is 66.0 Å². The highest BCUT2D eigenvalue weighted by Crippen LogP contribution is 2.12. The quantitative estimate of drug-likeness (QED) is 0.506. The van der Waals surface area contributed by atoms with E-state index >= 15 is 0 Å². The molecule has 3 N–H and O–H groups in total. The van der Waals surface area contributed by atoms with Crippen LogP contribution in [-0.2, 0) is 4.79 Å². The van der Waals surface area contributed by atoms with Crippen LogP contribution in [0.2, 0.25) is 0 Å². The second-order valence-electron chi connectivity index (χ2n) is 2.86. The molecule has 1 saturated heterocycles. The van der Waals surface area contributed by atoms with Gasteiger partial charge in [-0.1, -0.05) is 0 Å². The molecule has 0 radical (unpaired) electrons. The molecule has 1 aliphatic heterocycles. The summed E-state index contributed by atoms with van der Waals surface area (Å²) in [5.41, 5.74) is 0. The van der Waals surface area contributed by atoms with E-state index in [0.29, 0.717) is 0 Å². The van der Waals surface area contributed by atoms with Gasteiger partial charge in [0.15, 0.2) is 0 Å². The third kappa shape index (κ3) is 1.91. The van der Waals surface area contributed by atoms with Crippen LogP contribution < -0.4 is 10.6 Å². The van der Waals surface area contributed by atoms with Crippen molar-refractivity contribution >= 4 is 5.97 Å². The Bertz CT molecular complexity index is 143. The van der Waals surface area contributed by atoms with Crippen LogP contribution in [0, 0.1) is 5.92 Å². The van der Waals surface area contributed by atoms with Crippen LogP contribution in [-0.4, -0.2) is 37.3 Å². The van der Waals surface area contributed by atoms with Gasteiger partial charge in [0.1, 0.15) is 6.04 Å². The highest BCUT2D eigenvalue weighted by molar-refractivity contribution is 5.73. The van der Waals surface area contributed by atoms with Gasteiger partial charge in [-0.2, -0.15) is 0 Å². The lowest BCUT2D eigenvalue weighted by atomic mass is 9.99. The molecule has 64 valence electrons. The lowest BCUT2D eigenvalue weighted by Gasteiger charge is -2.16. The lowest BCUT2D eigenvalue weighted by molar-refractivity contribution is -0.140. The van der Waals surface area contributed by atoms with Crippen LogP contribution in [0.3, 0.4) is 0 Å². The number of carboxylic acid groups (broad SMARTS) is 1. The molecule has 1 heterocycles. The molecule has 0 saturated carbocycles. The smallest absolute Gasteiger partial charge is 0.321 e. The summed E-state index contributed by atoms with van der Waals surface area (Å²) >= 11 is 0. The zero-order chi connectivity index (χ0) is 8.27. The predicted octanol–water partition coefficient (Wildman–Crippen LogP) is -0.731. The fraction of sp³-hybridized carbons (Fsp3) is 0.857. The average Bonchev–Trinajstić information content (AvgIpc) is 2.40. The largest absolute Gasteiger partial charge is 0.480 e. The first-order chi connectivity index (χ1) is 5.25. The van der Waals surface area contributed by atoms with Gasteiger partial charge in [-0.15, -0.1) is 0 Å². The van der Waals surface area contributed by atoms with Gasteiger partial charge in [-0.25, -0.2) is 0 Å². The van der Waals surface area contributed by atoms with Crippen LogP contribution in [0.1, 0.15) is 6.42 Å². The van der Waals surface area contributed by atoms with Gasteiger partial charge in [0.2, 0.25) is 0 Å². The third-order valence-electron chi connectivity index (χ3n) is 2.15. The summed E-state index contributed by atoms with van der Waals surface area (Å²) in [6, 6.07) is -0.384. The van der Waals surface area contributed by atoms with Crippen LogP contribution in [0.4, 0.5) is 0 Å². The van der Waals surface area contributed by atoms with Gasteiger partial charge in [-0.05, 0) is 25.9 Å². The topological polar surface area (TPSA) is 61.4 Å². The van der Waals surface area contributed by atoms with Gasteiger partial charge in [0, 0.05) is 6.54 Å². The van der Waals surface area contributed by atoms with Gasteiger partial charge in [0.05, 0.1) is 0 Å². The highest BCUT2D eigenvalue weighted by atomic mass is 16.4. The maximum Gasteiger partial charge on any atom is 0.321 e. The van der Waals surface area contributed by atoms with Crippen molar-refractivity contribution < 1.29 is 9.90 Å². The number of likely N-dealkylation sites (N-methyl/N-ethyl adjacent to an activating group) is 1. The van der Waals surface area contributed by atoms with E-state index in [-0.39, 0.29) is 12.0 Å². The summed E-state index contributed by atoms with van der Waals surface area (Å²) in [5, 5.41) is 14.7. The fourth-order valence-electron chi connectivity index (χ4n) is 1.52. The maximum atomic E-state index is 10.6. The molecule has 0 aliphatic carbocycles. The van der Waals surface area contributed by atoms with E-state index < -0.39 is 5.97 Å². The molecule has 2 unspecified atom stereocenters. The molecule has 1 fully saturated rings. The third-order valence-corrected chi connectivity index (χ3v) is 2.15. The average molecular weight is 158 g/mol. The van der Waals surface area contributed by atoms with Crippen molar-refractivity contribution in [3.8, 4) is 0 Å². The Kier molecular flexibility index (Phi) is 2.84. The van der Waals surface area contributed by atoms with Crippen molar-refractivity contribution in [1.82, 2.24) is 10.6 Å².